The molecule has 2 aliphatic rings. The first-order valence-electron chi connectivity index (χ1n) is 6.98. The lowest BCUT2D eigenvalue weighted by Gasteiger charge is -2.45. The van der Waals surface area contributed by atoms with Crippen molar-refractivity contribution in [3.63, 3.8) is 0 Å². The molecular formula is C14H22N4. The molecule has 1 N–H and O–H groups in total. The molecule has 0 saturated carbocycles. The van der Waals surface area contributed by atoms with E-state index in [1.165, 1.54) is 44.7 Å². The highest BCUT2D eigenvalue weighted by Crippen LogP contribution is 2.18. The average Bonchev–Trinajstić information content (AvgIpc) is 2.63. The monoisotopic (exact) mass is 246 g/mol. The van der Waals surface area contributed by atoms with E-state index in [1.807, 2.05) is 12.4 Å². The van der Waals surface area contributed by atoms with Crippen molar-refractivity contribution in [1.29, 1.82) is 0 Å². The average molecular weight is 246 g/mol. The van der Waals surface area contributed by atoms with Crippen molar-refractivity contribution in [1.82, 2.24) is 20.1 Å². The van der Waals surface area contributed by atoms with Crippen LogP contribution in [0.4, 0.5) is 0 Å². The molecule has 0 aromatic carbocycles. The Morgan fingerprint density at radius 2 is 2.00 bits per heavy atom. The van der Waals surface area contributed by atoms with E-state index in [0.717, 1.165) is 19.1 Å². The molecule has 18 heavy (non-hydrogen) atoms. The molecule has 0 unspecified atom stereocenters. The van der Waals surface area contributed by atoms with E-state index >= 15 is 0 Å². The van der Waals surface area contributed by atoms with Gasteiger partial charge in [0.25, 0.3) is 0 Å². The first kappa shape index (κ1) is 12.1. The molecular weight excluding hydrogens is 224 g/mol. The van der Waals surface area contributed by atoms with Gasteiger partial charge in [0, 0.05) is 51.2 Å². The minimum Gasteiger partial charge on any atom is -0.315 e. The van der Waals surface area contributed by atoms with Crippen molar-refractivity contribution in [3.8, 4) is 0 Å². The summed E-state index contributed by atoms with van der Waals surface area (Å²) >= 11 is 0. The third-order valence-corrected chi connectivity index (χ3v) is 3.98. The zero-order valence-electron chi connectivity index (χ0n) is 10.9. The third-order valence-electron chi connectivity index (χ3n) is 3.98. The van der Waals surface area contributed by atoms with Crippen LogP contribution in [0.2, 0.25) is 0 Å². The number of rotatable bonds is 3. The molecule has 3 rings (SSSR count). The van der Waals surface area contributed by atoms with Crippen LogP contribution in [0.3, 0.4) is 0 Å². The topological polar surface area (TPSA) is 31.4 Å². The summed E-state index contributed by atoms with van der Waals surface area (Å²) in [7, 11) is 0. The Kier molecular flexibility index (Phi) is 3.88. The summed E-state index contributed by atoms with van der Waals surface area (Å²) in [4.78, 5) is 9.24. The molecule has 2 aliphatic heterocycles. The molecule has 0 amide bonds. The van der Waals surface area contributed by atoms with Crippen LogP contribution in [0.15, 0.2) is 24.5 Å². The number of nitrogens with zero attached hydrogens (tertiary/aromatic N) is 3. The highest BCUT2D eigenvalue weighted by atomic mass is 15.3. The molecule has 2 saturated heterocycles. The van der Waals surface area contributed by atoms with Crippen LogP contribution in [-0.4, -0.2) is 60.1 Å². The second kappa shape index (κ2) is 5.78. The minimum atomic E-state index is 0.784. The van der Waals surface area contributed by atoms with Crippen LogP contribution in [0.1, 0.15) is 12.0 Å². The van der Waals surface area contributed by atoms with Gasteiger partial charge in [0.15, 0.2) is 0 Å². The van der Waals surface area contributed by atoms with Gasteiger partial charge in [-0.1, -0.05) is 0 Å². The van der Waals surface area contributed by atoms with Crippen LogP contribution >= 0.6 is 0 Å². The maximum atomic E-state index is 4.06. The molecule has 0 bridgehead atoms. The van der Waals surface area contributed by atoms with E-state index in [2.05, 4.69) is 32.2 Å². The zero-order valence-corrected chi connectivity index (χ0v) is 10.9. The Morgan fingerprint density at radius 3 is 2.83 bits per heavy atom. The Bertz CT molecular complexity index is 353. The molecule has 3 heterocycles. The fourth-order valence-corrected chi connectivity index (χ4v) is 2.88. The van der Waals surface area contributed by atoms with Crippen LogP contribution in [0.5, 0.6) is 0 Å². The van der Waals surface area contributed by atoms with Gasteiger partial charge in [-0.2, -0.15) is 0 Å². The molecule has 4 heteroatoms. The molecule has 2 fully saturated rings. The predicted octanol–water partition coefficient (Wildman–Crippen LogP) is 0.561. The van der Waals surface area contributed by atoms with Gasteiger partial charge >= 0.3 is 0 Å². The summed E-state index contributed by atoms with van der Waals surface area (Å²) in [5.74, 6) is 0. The minimum absolute atomic E-state index is 0.784. The lowest BCUT2D eigenvalue weighted by atomic mass is 10.1. The summed E-state index contributed by atoms with van der Waals surface area (Å²) in [5.41, 5.74) is 1.38. The number of aromatic nitrogens is 1. The van der Waals surface area contributed by atoms with Crippen molar-refractivity contribution in [2.45, 2.75) is 19.0 Å². The van der Waals surface area contributed by atoms with E-state index in [1.54, 1.807) is 0 Å². The van der Waals surface area contributed by atoms with Gasteiger partial charge in [-0.25, -0.2) is 0 Å². The number of hydrogen-bond acceptors (Lipinski definition) is 4. The van der Waals surface area contributed by atoms with Gasteiger partial charge in [-0.05, 0) is 37.2 Å². The summed E-state index contributed by atoms with van der Waals surface area (Å²) in [5, 5.41) is 3.47. The van der Waals surface area contributed by atoms with E-state index in [9.17, 15) is 0 Å². The van der Waals surface area contributed by atoms with Crippen molar-refractivity contribution < 1.29 is 0 Å². The van der Waals surface area contributed by atoms with Gasteiger partial charge in [-0.3, -0.25) is 14.8 Å². The van der Waals surface area contributed by atoms with Crippen LogP contribution in [0, 0.1) is 0 Å². The summed E-state index contributed by atoms with van der Waals surface area (Å²) in [6.07, 6.45) is 5.06. The normalized spacial score (nSPS) is 23.6. The summed E-state index contributed by atoms with van der Waals surface area (Å²) < 4.78 is 0. The smallest absolute Gasteiger partial charge is 0.0351 e. The molecule has 0 spiro atoms. The van der Waals surface area contributed by atoms with Crippen molar-refractivity contribution in [2.75, 3.05) is 39.3 Å². The Labute approximate surface area is 109 Å². The molecule has 0 aliphatic carbocycles. The van der Waals surface area contributed by atoms with Crippen molar-refractivity contribution in [2.24, 2.45) is 0 Å². The number of nitrogens with one attached hydrogen (secondary N) is 1. The molecule has 0 radical (unpaired) electrons. The second-order valence-electron chi connectivity index (χ2n) is 5.34. The zero-order chi connectivity index (χ0) is 12.2. The largest absolute Gasteiger partial charge is 0.315 e. The van der Waals surface area contributed by atoms with Gasteiger partial charge in [0.2, 0.25) is 0 Å². The fourth-order valence-electron chi connectivity index (χ4n) is 2.88. The molecule has 1 aromatic heterocycles. The standard InChI is InChI=1S/C14H22N4/c1-4-15-7-9-18(8-1)14-11-17(12-14)10-13-2-5-16-6-3-13/h2-3,5-6,14-15H,1,4,7-12H2. The van der Waals surface area contributed by atoms with E-state index < -0.39 is 0 Å². The number of hydrogen-bond donors (Lipinski definition) is 1. The Morgan fingerprint density at radius 1 is 1.17 bits per heavy atom. The maximum Gasteiger partial charge on any atom is 0.0351 e. The van der Waals surface area contributed by atoms with Gasteiger partial charge in [0.1, 0.15) is 0 Å². The second-order valence-corrected chi connectivity index (χ2v) is 5.34. The van der Waals surface area contributed by atoms with Crippen molar-refractivity contribution >= 4 is 0 Å². The van der Waals surface area contributed by atoms with Gasteiger partial charge < -0.3 is 5.32 Å². The first-order valence-corrected chi connectivity index (χ1v) is 6.98. The Balaban J connectivity index is 1.45. The first-order chi connectivity index (χ1) is 8.92. The molecule has 98 valence electrons. The van der Waals surface area contributed by atoms with E-state index in [0.29, 0.717) is 0 Å². The predicted molar refractivity (Wildman–Crippen MR) is 72.4 cm³/mol. The fraction of sp³-hybridized carbons (Fsp3) is 0.643. The van der Waals surface area contributed by atoms with Crippen molar-refractivity contribution in [3.05, 3.63) is 30.1 Å². The van der Waals surface area contributed by atoms with Gasteiger partial charge in [0.05, 0.1) is 0 Å². The van der Waals surface area contributed by atoms with E-state index in [4.69, 9.17) is 0 Å². The maximum absolute atomic E-state index is 4.06. The van der Waals surface area contributed by atoms with Gasteiger partial charge in [-0.15, -0.1) is 0 Å². The highest BCUT2D eigenvalue weighted by molar-refractivity contribution is 5.10. The Hall–Kier alpha value is -0.970. The SMILES string of the molecule is c1cc(CN2CC(N3CCCNCC3)C2)ccn1. The molecule has 1 aromatic rings. The highest BCUT2D eigenvalue weighted by Gasteiger charge is 2.31. The lowest BCUT2D eigenvalue weighted by Crippen LogP contribution is -2.59. The molecule has 0 atom stereocenters. The molecule has 4 nitrogen and oxygen atoms in total. The third kappa shape index (κ3) is 2.88. The summed E-state index contributed by atoms with van der Waals surface area (Å²) in [6.45, 7) is 8.34. The number of likely N-dealkylation sites (tertiary alicyclic amines) is 1. The summed E-state index contributed by atoms with van der Waals surface area (Å²) in [6, 6.07) is 5.01. The van der Waals surface area contributed by atoms with Crippen LogP contribution < -0.4 is 5.32 Å². The van der Waals surface area contributed by atoms with E-state index in [-0.39, 0.29) is 0 Å². The van der Waals surface area contributed by atoms with Crippen LogP contribution in [-0.2, 0) is 6.54 Å². The van der Waals surface area contributed by atoms with Crippen LogP contribution in [0.25, 0.3) is 0 Å². The quantitative estimate of drug-likeness (QED) is 0.844. The lowest BCUT2D eigenvalue weighted by molar-refractivity contribution is 0.0322. The number of pyridine rings is 1.